The van der Waals surface area contributed by atoms with Gasteiger partial charge in [0.1, 0.15) is 0 Å². The summed E-state index contributed by atoms with van der Waals surface area (Å²) < 4.78 is 25.0. The molecule has 0 aromatic heterocycles. The topological polar surface area (TPSA) is 34.1 Å². The molecule has 0 N–H and O–H groups in total. The standard InChI is InChI=1S/C20H16O2S/c21-23(22,19-9-5-2-6-10-19)20-15-13-18(14-16-20)12-11-17-7-3-1-4-8-17/h1-16H/b12-11+. The Kier molecular flexibility index (Phi) is 4.40. The van der Waals surface area contributed by atoms with Crippen LogP contribution in [0.2, 0.25) is 0 Å². The first kappa shape index (κ1) is 15.3. The molecular formula is C20H16O2S. The quantitative estimate of drug-likeness (QED) is 0.654. The second kappa shape index (κ2) is 6.63. The van der Waals surface area contributed by atoms with E-state index in [4.69, 9.17) is 0 Å². The van der Waals surface area contributed by atoms with E-state index in [0.717, 1.165) is 11.1 Å². The molecule has 3 rings (SSSR count). The van der Waals surface area contributed by atoms with Crippen LogP contribution in [0.4, 0.5) is 0 Å². The Bertz CT molecular complexity index is 895. The minimum Gasteiger partial charge on any atom is -0.219 e. The molecule has 0 radical (unpaired) electrons. The molecule has 0 fully saturated rings. The summed E-state index contributed by atoms with van der Waals surface area (Å²) in [6.45, 7) is 0. The van der Waals surface area contributed by atoms with Gasteiger partial charge in [-0.15, -0.1) is 0 Å². The van der Waals surface area contributed by atoms with E-state index < -0.39 is 9.84 Å². The molecule has 3 aromatic rings. The van der Waals surface area contributed by atoms with E-state index in [1.165, 1.54) is 0 Å². The molecule has 2 nitrogen and oxygen atoms in total. The van der Waals surface area contributed by atoms with Crippen molar-refractivity contribution in [2.24, 2.45) is 0 Å². The third-order valence-corrected chi connectivity index (χ3v) is 5.30. The fraction of sp³-hybridized carbons (Fsp3) is 0. The molecule has 0 saturated heterocycles. The van der Waals surface area contributed by atoms with Crippen molar-refractivity contribution in [3.8, 4) is 0 Å². The second-order valence-corrected chi connectivity index (χ2v) is 7.08. The monoisotopic (exact) mass is 320 g/mol. The molecule has 0 amide bonds. The Balaban J connectivity index is 1.84. The molecule has 23 heavy (non-hydrogen) atoms. The molecule has 0 aliphatic heterocycles. The van der Waals surface area contributed by atoms with Crippen molar-refractivity contribution in [2.45, 2.75) is 9.79 Å². The van der Waals surface area contributed by atoms with Gasteiger partial charge in [-0.25, -0.2) is 8.42 Å². The van der Waals surface area contributed by atoms with Crippen LogP contribution in [0.5, 0.6) is 0 Å². The summed E-state index contributed by atoms with van der Waals surface area (Å²) in [6.07, 6.45) is 3.97. The minimum absolute atomic E-state index is 0.306. The van der Waals surface area contributed by atoms with Crippen LogP contribution >= 0.6 is 0 Å². The predicted octanol–water partition coefficient (Wildman–Crippen LogP) is 4.69. The molecule has 0 heterocycles. The molecule has 0 spiro atoms. The lowest BCUT2D eigenvalue weighted by Crippen LogP contribution is -2.01. The SMILES string of the molecule is O=S(=O)(c1ccccc1)c1ccc(/C=C/c2ccccc2)cc1. The van der Waals surface area contributed by atoms with Crippen LogP contribution in [0.15, 0.2) is 94.7 Å². The Labute approximate surface area is 136 Å². The highest BCUT2D eigenvalue weighted by Crippen LogP contribution is 2.21. The molecule has 0 unspecified atom stereocenters. The van der Waals surface area contributed by atoms with Crippen molar-refractivity contribution in [2.75, 3.05) is 0 Å². The van der Waals surface area contributed by atoms with E-state index in [2.05, 4.69) is 0 Å². The number of benzene rings is 3. The summed E-state index contributed by atoms with van der Waals surface area (Å²) in [5, 5.41) is 0. The minimum atomic E-state index is -3.45. The summed E-state index contributed by atoms with van der Waals surface area (Å²) in [5.74, 6) is 0. The highest BCUT2D eigenvalue weighted by atomic mass is 32.2. The van der Waals surface area contributed by atoms with Crippen molar-refractivity contribution in [3.05, 3.63) is 96.1 Å². The maximum absolute atomic E-state index is 12.5. The number of hydrogen-bond donors (Lipinski definition) is 0. The molecule has 0 aliphatic carbocycles. The lowest BCUT2D eigenvalue weighted by Gasteiger charge is -2.04. The summed E-state index contributed by atoms with van der Waals surface area (Å²) in [4.78, 5) is 0.619. The highest BCUT2D eigenvalue weighted by Gasteiger charge is 2.16. The van der Waals surface area contributed by atoms with E-state index >= 15 is 0 Å². The van der Waals surface area contributed by atoms with Crippen LogP contribution in [0.25, 0.3) is 12.2 Å². The third kappa shape index (κ3) is 3.58. The van der Waals surface area contributed by atoms with Crippen molar-refractivity contribution in [1.29, 1.82) is 0 Å². The fourth-order valence-corrected chi connectivity index (χ4v) is 3.53. The highest BCUT2D eigenvalue weighted by molar-refractivity contribution is 7.91. The van der Waals surface area contributed by atoms with Crippen LogP contribution < -0.4 is 0 Å². The van der Waals surface area contributed by atoms with Crippen molar-refractivity contribution in [3.63, 3.8) is 0 Å². The molecule has 0 saturated carbocycles. The lowest BCUT2D eigenvalue weighted by atomic mass is 10.1. The van der Waals surface area contributed by atoms with Crippen molar-refractivity contribution < 1.29 is 8.42 Å². The van der Waals surface area contributed by atoms with E-state index in [1.807, 2.05) is 54.6 Å². The average Bonchev–Trinajstić information content (AvgIpc) is 2.62. The van der Waals surface area contributed by atoms with E-state index in [0.29, 0.717) is 9.79 Å². The van der Waals surface area contributed by atoms with E-state index in [9.17, 15) is 8.42 Å². The molecule has 0 bridgehead atoms. The Hall–Kier alpha value is -2.65. The largest absolute Gasteiger partial charge is 0.219 e. The van der Waals surface area contributed by atoms with Gasteiger partial charge in [0.05, 0.1) is 9.79 Å². The van der Waals surface area contributed by atoms with Gasteiger partial charge in [0, 0.05) is 0 Å². The first-order valence-corrected chi connectivity index (χ1v) is 8.78. The first-order valence-electron chi connectivity index (χ1n) is 7.29. The van der Waals surface area contributed by atoms with E-state index in [-0.39, 0.29) is 0 Å². The molecular weight excluding hydrogens is 304 g/mol. The van der Waals surface area contributed by atoms with Gasteiger partial charge < -0.3 is 0 Å². The molecule has 3 aromatic carbocycles. The van der Waals surface area contributed by atoms with Gasteiger partial charge in [0.15, 0.2) is 0 Å². The van der Waals surface area contributed by atoms with Gasteiger partial charge in [-0.2, -0.15) is 0 Å². The van der Waals surface area contributed by atoms with Crippen LogP contribution in [0.3, 0.4) is 0 Å². The van der Waals surface area contributed by atoms with Gasteiger partial charge >= 0.3 is 0 Å². The Morgan fingerprint density at radius 3 is 1.52 bits per heavy atom. The smallest absolute Gasteiger partial charge is 0.206 e. The lowest BCUT2D eigenvalue weighted by molar-refractivity contribution is 0.596. The Morgan fingerprint density at radius 1 is 0.522 bits per heavy atom. The summed E-state index contributed by atoms with van der Waals surface area (Å²) in [7, 11) is -3.45. The zero-order valence-electron chi connectivity index (χ0n) is 12.5. The van der Waals surface area contributed by atoms with E-state index in [1.54, 1.807) is 42.5 Å². The van der Waals surface area contributed by atoms with Gasteiger partial charge in [-0.05, 0) is 35.4 Å². The molecule has 3 heteroatoms. The maximum atomic E-state index is 12.5. The zero-order chi connectivity index (χ0) is 16.1. The maximum Gasteiger partial charge on any atom is 0.206 e. The number of hydrogen-bond acceptors (Lipinski definition) is 2. The molecule has 0 atom stereocenters. The van der Waals surface area contributed by atoms with Gasteiger partial charge in [0.2, 0.25) is 9.84 Å². The Morgan fingerprint density at radius 2 is 0.957 bits per heavy atom. The summed E-state index contributed by atoms with van der Waals surface area (Å²) in [5.41, 5.74) is 2.06. The summed E-state index contributed by atoms with van der Waals surface area (Å²) in [6, 6.07) is 25.4. The van der Waals surface area contributed by atoms with Crippen molar-refractivity contribution >= 4 is 22.0 Å². The first-order chi connectivity index (χ1) is 11.2. The zero-order valence-corrected chi connectivity index (χ0v) is 13.3. The average molecular weight is 320 g/mol. The normalized spacial score (nSPS) is 11.7. The van der Waals surface area contributed by atoms with Gasteiger partial charge in [0.25, 0.3) is 0 Å². The molecule has 0 aliphatic rings. The molecule has 114 valence electrons. The second-order valence-electron chi connectivity index (χ2n) is 5.13. The van der Waals surface area contributed by atoms with Crippen molar-refractivity contribution in [1.82, 2.24) is 0 Å². The van der Waals surface area contributed by atoms with Crippen LogP contribution in [0.1, 0.15) is 11.1 Å². The van der Waals surface area contributed by atoms with Crippen LogP contribution in [0, 0.1) is 0 Å². The predicted molar refractivity (Wildman–Crippen MR) is 93.7 cm³/mol. The summed E-state index contributed by atoms with van der Waals surface area (Å²) >= 11 is 0. The van der Waals surface area contributed by atoms with Crippen LogP contribution in [-0.2, 0) is 9.84 Å². The fourth-order valence-electron chi connectivity index (χ4n) is 2.25. The van der Waals surface area contributed by atoms with Crippen LogP contribution in [-0.4, -0.2) is 8.42 Å². The third-order valence-electron chi connectivity index (χ3n) is 3.51. The van der Waals surface area contributed by atoms with Gasteiger partial charge in [-0.3, -0.25) is 0 Å². The number of sulfone groups is 1. The number of rotatable bonds is 4. The van der Waals surface area contributed by atoms with Gasteiger partial charge in [-0.1, -0.05) is 72.8 Å².